The zero-order valence-corrected chi connectivity index (χ0v) is 10.0. The minimum absolute atomic E-state index is 0.544. The predicted octanol–water partition coefficient (Wildman–Crippen LogP) is 0.631. The first-order chi connectivity index (χ1) is 8.02. The molecule has 0 bridgehead atoms. The Morgan fingerprint density at radius 3 is 2.71 bits per heavy atom. The standard InChI is InChI=1S/C11H13NO4S/c1-7-2-3-8(17-7)4-5-10(14)12-9(6-13)11(15)16/h2-5,9,13H,6H2,1H3,(H,12,14)(H,15,16)/b5-4+. The number of carboxylic acids is 1. The van der Waals surface area contributed by atoms with E-state index in [9.17, 15) is 9.59 Å². The molecule has 1 aromatic rings. The van der Waals surface area contributed by atoms with E-state index in [1.54, 1.807) is 6.08 Å². The molecule has 17 heavy (non-hydrogen) atoms. The molecule has 1 heterocycles. The summed E-state index contributed by atoms with van der Waals surface area (Å²) in [6.07, 6.45) is 2.85. The summed E-state index contributed by atoms with van der Waals surface area (Å²) in [7, 11) is 0. The number of aliphatic hydroxyl groups excluding tert-OH is 1. The lowest BCUT2D eigenvalue weighted by molar-refractivity contribution is -0.142. The van der Waals surface area contributed by atoms with Crippen molar-refractivity contribution in [1.29, 1.82) is 0 Å². The Morgan fingerprint density at radius 2 is 2.24 bits per heavy atom. The van der Waals surface area contributed by atoms with Crippen molar-refractivity contribution in [2.45, 2.75) is 13.0 Å². The van der Waals surface area contributed by atoms with Crippen LogP contribution in [0.15, 0.2) is 18.2 Å². The highest BCUT2D eigenvalue weighted by Crippen LogP contribution is 2.16. The Balaban J connectivity index is 2.54. The van der Waals surface area contributed by atoms with Gasteiger partial charge in [0, 0.05) is 15.8 Å². The van der Waals surface area contributed by atoms with Gasteiger partial charge in [-0.05, 0) is 25.1 Å². The van der Waals surface area contributed by atoms with Crippen molar-refractivity contribution in [1.82, 2.24) is 5.32 Å². The number of carbonyl (C=O) groups excluding carboxylic acids is 1. The van der Waals surface area contributed by atoms with Gasteiger partial charge in [-0.2, -0.15) is 0 Å². The van der Waals surface area contributed by atoms with Crippen LogP contribution < -0.4 is 5.32 Å². The van der Waals surface area contributed by atoms with Crippen molar-refractivity contribution in [3.05, 3.63) is 28.0 Å². The second-order valence-electron chi connectivity index (χ2n) is 3.36. The normalized spacial score (nSPS) is 12.6. The molecule has 0 spiro atoms. The maximum Gasteiger partial charge on any atom is 0.328 e. The molecule has 0 saturated carbocycles. The number of aliphatic hydroxyl groups is 1. The van der Waals surface area contributed by atoms with Gasteiger partial charge in [-0.1, -0.05) is 0 Å². The molecule has 1 rings (SSSR count). The van der Waals surface area contributed by atoms with E-state index in [2.05, 4.69) is 5.32 Å². The molecular formula is C11H13NO4S. The van der Waals surface area contributed by atoms with Gasteiger partial charge >= 0.3 is 5.97 Å². The van der Waals surface area contributed by atoms with E-state index in [4.69, 9.17) is 10.2 Å². The van der Waals surface area contributed by atoms with Gasteiger partial charge in [0.2, 0.25) is 5.91 Å². The summed E-state index contributed by atoms with van der Waals surface area (Å²) in [4.78, 5) is 23.9. The number of hydrogen-bond donors (Lipinski definition) is 3. The second-order valence-corrected chi connectivity index (χ2v) is 4.68. The zero-order valence-electron chi connectivity index (χ0n) is 9.21. The maximum atomic E-state index is 11.3. The number of hydrogen-bond acceptors (Lipinski definition) is 4. The highest BCUT2D eigenvalue weighted by molar-refractivity contribution is 7.12. The van der Waals surface area contributed by atoms with Crippen LogP contribution in [0.4, 0.5) is 0 Å². The lowest BCUT2D eigenvalue weighted by Gasteiger charge is -2.08. The Morgan fingerprint density at radius 1 is 1.53 bits per heavy atom. The molecule has 0 aromatic carbocycles. The van der Waals surface area contributed by atoms with Crippen molar-refractivity contribution in [2.24, 2.45) is 0 Å². The third kappa shape index (κ3) is 4.38. The first kappa shape index (κ1) is 13.4. The van der Waals surface area contributed by atoms with E-state index in [0.717, 1.165) is 9.75 Å². The lowest BCUT2D eigenvalue weighted by Crippen LogP contribution is -2.42. The Bertz CT molecular complexity index is 438. The van der Waals surface area contributed by atoms with E-state index >= 15 is 0 Å². The van der Waals surface area contributed by atoms with Crippen LogP contribution >= 0.6 is 11.3 Å². The van der Waals surface area contributed by atoms with Crippen LogP contribution in [-0.2, 0) is 9.59 Å². The van der Waals surface area contributed by atoms with Gasteiger partial charge in [0.15, 0.2) is 6.04 Å². The van der Waals surface area contributed by atoms with E-state index in [0.29, 0.717) is 0 Å². The van der Waals surface area contributed by atoms with Crippen molar-refractivity contribution in [3.63, 3.8) is 0 Å². The summed E-state index contributed by atoms with van der Waals surface area (Å²) in [6, 6.07) is 2.53. The molecule has 0 aliphatic carbocycles. The first-order valence-electron chi connectivity index (χ1n) is 4.91. The monoisotopic (exact) mass is 255 g/mol. The number of aliphatic carboxylic acids is 1. The highest BCUT2D eigenvalue weighted by Gasteiger charge is 2.16. The fourth-order valence-electron chi connectivity index (χ4n) is 1.11. The van der Waals surface area contributed by atoms with E-state index in [-0.39, 0.29) is 0 Å². The number of aryl methyl sites for hydroxylation is 1. The fourth-order valence-corrected chi connectivity index (χ4v) is 1.89. The molecule has 1 unspecified atom stereocenters. The number of carbonyl (C=O) groups is 2. The van der Waals surface area contributed by atoms with Crippen LogP contribution in [0, 0.1) is 6.92 Å². The molecule has 5 nitrogen and oxygen atoms in total. The molecular weight excluding hydrogens is 242 g/mol. The summed E-state index contributed by atoms with van der Waals surface area (Å²) in [6.45, 7) is 1.32. The van der Waals surface area contributed by atoms with E-state index < -0.39 is 24.5 Å². The van der Waals surface area contributed by atoms with Crippen molar-refractivity contribution in [2.75, 3.05) is 6.61 Å². The van der Waals surface area contributed by atoms with Gasteiger partial charge in [-0.25, -0.2) is 4.79 Å². The number of carboxylic acid groups (broad SMARTS) is 1. The van der Waals surface area contributed by atoms with Gasteiger partial charge < -0.3 is 15.5 Å². The van der Waals surface area contributed by atoms with Gasteiger partial charge in [-0.3, -0.25) is 4.79 Å². The van der Waals surface area contributed by atoms with E-state index in [1.807, 2.05) is 19.1 Å². The molecule has 92 valence electrons. The second kappa shape index (κ2) is 6.17. The molecule has 0 radical (unpaired) electrons. The fraction of sp³-hybridized carbons (Fsp3) is 0.273. The summed E-state index contributed by atoms with van der Waals surface area (Å²) in [5.74, 6) is -1.81. The summed E-state index contributed by atoms with van der Waals surface area (Å²) >= 11 is 1.53. The molecule has 0 aliphatic heterocycles. The predicted molar refractivity (Wildman–Crippen MR) is 64.7 cm³/mol. The Hall–Kier alpha value is -1.66. The number of amides is 1. The minimum Gasteiger partial charge on any atom is -0.480 e. The molecule has 0 fully saturated rings. The molecule has 3 N–H and O–H groups in total. The Kier molecular flexibility index (Phi) is 4.86. The lowest BCUT2D eigenvalue weighted by atomic mass is 10.3. The maximum absolute atomic E-state index is 11.3. The smallest absolute Gasteiger partial charge is 0.328 e. The molecule has 6 heteroatoms. The third-order valence-corrected chi connectivity index (χ3v) is 2.92. The van der Waals surface area contributed by atoms with Gasteiger partial charge in [-0.15, -0.1) is 11.3 Å². The van der Waals surface area contributed by atoms with Crippen LogP contribution in [-0.4, -0.2) is 34.7 Å². The molecule has 0 aliphatic rings. The van der Waals surface area contributed by atoms with Gasteiger partial charge in [0.25, 0.3) is 0 Å². The largest absolute Gasteiger partial charge is 0.480 e. The van der Waals surface area contributed by atoms with Crippen molar-refractivity contribution >= 4 is 29.3 Å². The average molecular weight is 255 g/mol. The molecule has 1 aromatic heterocycles. The number of thiophene rings is 1. The van der Waals surface area contributed by atoms with Gasteiger partial charge in [0.1, 0.15) is 0 Å². The van der Waals surface area contributed by atoms with Crippen LogP contribution in [0.1, 0.15) is 9.75 Å². The number of rotatable bonds is 5. The summed E-state index contributed by atoms with van der Waals surface area (Å²) in [5.41, 5.74) is 0. The van der Waals surface area contributed by atoms with Crippen molar-refractivity contribution in [3.8, 4) is 0 Å². The van der Waals surface area contributed by atoms with Gasteiger partial charge in [0.05, 0.1) is 6.61 Å². The van der Waals surface area contributed by atoms with Crippen LogP contribution in [0.5, 0.6) is 0 Å². The minimum atomic E-state index is -1.27. The highest BCUT2D eigenvalue weighted by atomic mass is 32.1. The van der Waals surface area contributed by atoms with Crippen LogP contribution in [0.3, 0.4) is 0 Å². The van der Waals surface area contributed by atoms with E-state index in [1.165, 1.54) is 17.4 Å². The number of nitrogens with one attached hydrogen (secondary N) is 1. The van der Waals surface area contributed by atoms with Crippen molar-refractivity contribution < 1.29 is 19.8 Å². The third-order valence-electron chi connectivity index (χ3n) is 1.96. The first-order valence-corrected chi connectivity index (χ1v) is 5.73. The SMILES string of the molecule is Cc1ccc(/C=C/C(=O)NC(CO)C(=O)O)s1. The average Bonchev–Trinajstić information content (AvgIpc) is 2.68. The zero-order chi connectivity index (χ0) is 12.8. The Labute approximate surface area is 102 Å². The van der Waals surface area contributed by atoms with Crippen LogP contribution in [0.25, 0.3) is 6.08 Å². The topological polar surface area (TPSA) is 86.6 Å². The molecule has 1 atom stereocenters. The summed E-state index contributed by atoms with van der Waals surface area (Å²) < 4.78 is 0. The molecule has 0 saturated heterocycles. The molecule has 1 amide bonds. The van der Waals surface area contributed by atoms with Crippen LogP contribution in [0.2, 0.25) is 0 Å². The summed E-state index contributed by atoms with van der Waals surface area (Å²) in [5, 5.41) is 19.5. The quantitative estimate of drug-likeness (QED) is 0.674.